The van der Waals surface area contributed by atoms with E-state index in [1.165, 1.54) is 6.92 Å². The summed E-state index contributed by atoms with van der Waals surface area (Å²) in [6.45, 7) is 4.03. The van der Waals surface area contributed by atoms with Crippen molar-refractivity contribution >= 4 is 29.1 Å². The first-order valence-corrected chi connectivity index (χ1v) is 11.9. The van der Waals surface area contributed by atoms with Crippen LogP contribution in [0.15, 0.2) is 48.5 Å². The Labute approximate surface area is 205 Å². The fraction of sp³-hybridized carbons (Fsp3) is 0.440. The van der Waals surface area contributed by atoms with Crippen LogP contribution in [0.4, 0.5) is 5.69 Å². The number of carbonyl (C=O) groups excluding carboxylic acids is 2. The first kappa shape index (κ1) is 25.8. The number of halogens is 1. The summed E-state index contributed by atoms with van der Waals surface area (Å²) < 4.78 is 11.8. The van der Waals surface area contributed by atoms with E-state index >= 15 is 0 Å². The summed E-state index contributed by atoms with van der Waals surface area (Å²) in [7, 11) is 0. The number of para-hydroxylation sites is 2. The number of ether oxygens (including phenoxy) is 2. The number of carbonyl (C=O) groups is 2. The third-order valence-electron chi connectivity index (χ3n) is 5.36. The molecule has 1 heterocycles. The number of aliphatic hydroxyl groups excluding tert-OH is 1. The van der Waals surface area contributed by atoms with Gasteiger partial charge in [-0.15, -0.1) is 0 Å². The molecule has 3 N–H and O–H groups in total. The number of amides is 2. The molecule has 2 amide bonds. The molecule has 9 heteroatoms. The van der Waals surface area contributed by atoms with Crippen molar-refractivity contribution in [1.82, 2.24) is 10.2 Å². The Bertz CT molecular complexity index is 940. The standard InChI is InChI=1S/C25H32ClN3O5/c1-18(30)27-13-4-7-25(32)28-23-5-2-3-6-24(23)33-17-20(31)15-29-14-12-22(16-29)34-21-10-8-19(26)9-11-21/h2-3,5-6,8-11,20,22,31H,4,7,12-17H2,1H3,(H,27,30)(H,28,32). The Morgan fingerprint density at radius 1 is 1.21 bits per heavy atom. The number of β-amino-alcohol motifs (C(OH)–C–C–N with tert-alkyl or cyclic N) is 1. The number of benzene rings is 2. The van der Waals surface area contributed by atoms with Crippen LogP contribution in [-0.2, 0) is 9.59 Å². The van der Waals surface area contributed by atoms with Crippen LogP contribution in [0.5, 0.6) is 11.5 Å². The lowest BCUT2D eigenvalue weighted by Gasteiger charge is -2.21. The SMILES string of the molecule is CC(=O)NCCCC(=O)Nc1ccccc1OCC(O)CN1CCC(Oc2ccc(Cl)cc2)C1. The molecule has 0 aromatic heterocycles. The zero-order valence-corrected chi connectivity index (χ0v) is 20.1. The summed E-state index contributed by atoms with van der Waals surface area (Å²) in [6, 6.07) is 14.4. The van der Waals surface area contributed by atoms with Gasteiger partial charge in [0.1, 0.15) is 30.3 Å². The van der Waals surface area contributed by atoms with Crippen LogP contribution in [0, 0.1) is 0 Å². The fourth-order valence-electron chi connectivity index (χ4n) is 3.72. The summed E-state index contributed by atoms with van der Waals surface area (Å²) in [5.41, 5.74) is 0.553. The predicted octanol–water partition coefficient (Wildman–Crippen LogP) is 3.09. The highest BCUT2D eigenvalue weighted by Crippen LogP contribution is 2.25. The van der Waals surface area contributed by atoms with Gasteiger partial charge in [-0.2, -0.15) is 0 Å². The lowest BCUT2D eigenvalue weighted by Crippen LogP contribution is -2.35. The van der Waals surface area contributed by atoms with E-state index in [1.807, 2.05) is 18.2 Å². The molecule has 0 aliphatic carbocycles. The second-order valence-electron chi connectivity index (χ2n) is 8.34. The Balaban J connectivity index is 1.40. The summed E-state index contributed by atoms with van der Waals surface area (Å²) in [4.78, 5) is 25.3. The van der Waals surface area contributed by atoms with Crippen molar-refractivity contribution in [2.45, 2.75) is 38.4 Å². The van der Waals surface area contributed by atoms with Gasteiger partial charge in [-0.25, -0.2) is 0 Å². The molecule has 184 valence electrons. The number of hydrogen-bond donors (Lipinski definition) is 3. The molecule has 0 bridgehead atoms. The molecule has 1 saturated heterocycles. The average Bonchev–Trinajstić information content (AvgIpc) is 3.24. The molecular formula is C25H32ClN3O5. The van der Waals surface area contributed by atoms with Crippen molar-refractivity contribution in [2.24, 2.45) is 0 Å². The Kier molecular flexibility index (Phi) is 10.00. The van der Waals surface area contributed by atoms with Crippen LogP contribution in [0.25, 0.3) is 0 Å². The van der Waals surface area contributed by atoms with Crippen LogP contribution in [0.2, 0.25) is 5.02 Å². The van der Waals surface area contributed by atoms with E-state index in [4.69, 9.17) is 21.1 Å². The Hall–Kier alpha value is -2.81. The third-order valence-corrected chi connectivity index (χ3v) is 5.61. The zero-order valence-electron chi connectivity index (χ0n) is 19.3. The van der Waals surface area contributed by atoms with Gasteiger partial charge in [0.05, 0.1) is 5.69 Å². The van der Waals surface area contributed by atoms with Crippen LogP contribution in [-0.4, -0.2) is 66.8 Å². The molecule has 2 aromatic carbocycles. The highest BCUT2D eigenvalue weighted by atomic mass is 35.5. The monoisotopic (exact) mass is 489 g/mol. The van der Waals surface area contributed by atoms with Crippen molar-refractivity contribution in [3.8, 4) is 11.5 Å². The number of nitrogens with zero attached hydrogens (tertiary/aromatic N) is 1. The van der Waals surface area contributed by atoms with Crippen molar-refractivity contribution in [2.75, 3.05) is 38.1 Å². The molecule has 2 aromatic rings. The van der Waals surface area contributed by atoms with Crippen LogP contribution < -0.4 is 20.1 Å². The normalized spacial score (nSPS) is 16.6. The zero-order chi connectivity index (χ0) is 24.3. The van der Waals surface area contributed by atoms with E-state index in [1.54, 1.807) is 30.3 Å². The van der Waals surface area contributed by atoms with Crippen molar-refractivity contribution in [3.05, 3.63) is 53.6 Å². The molecule has 34 heavy (non-hydrogen) atoms. The topological polar surface area (TPSA) is 100 Å². The first-order chi connectivity index (χ1) is 16.4. The maximum atomic E-state index is 12.2. The first-order valence-electron chi connectivity index (χ1n) is 11.5. The summed E-state index contributed by atoms with van der Waals surface area (Å²) in [5.74, 6) is 1.01. The Morgan fingerprint density at radius 3 is 2.74 bits per heavy atom. The van der Waals surface area contributed by atoms with Crippen molar-refractivity contribution < 1.29 is 24.2 Å². The average molecular weight is 490 g/mol. The summed E-state index contributed by atoms with van der Waals surface area (Å²) in [5, 5.41) is 16.7. The number of likely N-dealkylation sites (tertiary alicyclic amines) is 1. The molecule has 3 rings (SSSR count). The largest absolute Gasteiger partial charge is 0.489 e. The second kappa shape index (κ2) is 13.2. The van der Waals surface area contributed by atoms with Crippen LogP contribution >= 0.6 is 11.6 Å². The van der Waals surface area contributed by atoms with Gasteiger partial charge in [-0.3, -0.25) is 14.5 Å². The molecule has 1 aliphatic heterocycles. The number of nitrogens with one attached hydrogen (secondary N) is 2. The van der Waals surface area contributed by atoms with Gasteiger partial charge in [-0.1, -0.05) is 23.7 Å². The molecule has 8 nitrogen and oxygen atoms in total. The lowest BCUT2D eigenvalue weighted by molar-refractivity contribution is -0.119. The molecule has 2 unspecified atom stereocenters. The number of hydrogen-bond acceptors (Lipinski definition) is 6. The highest BCUT2D eigenvalue weighted by molar-refractivity contribution is 6.30. The third kappa shape index (κ3) is 8.85. The number of anilines is 1. The molecule has 1 aliphatic rings. The van der Waals surface area contributed by atoms with E-state index in [0.717, 1.165) is 25.3 Å². The van der Waals surface area contributed by atoms with Crippen LogP contribution in [0.3, 0.4) is 0 Å². The van der Waals surface area contributed by atoms with Crippen molar-refractivity contribution in [1.29, 1.82) is 0 Å². The summed E-state index contributed by atoms with van der Waals surface area (Å²) >= 11 is 5.92. The summed E-state index contributed by atoms with van der Waals surface area (Å²) in [6.07, 6.45) is 1.09. The van der Waals surface area contributed by atoms with Gasteiger partial charge >= 0.3 is 0 Å². The van der Waals surface area contributed by atoms with E-state index in [-0.39, 0.29) is 30.9 Å². The van der Waals surface area contributed by atoms with Gasteiger partial charge in [0.25, 0.3) is 0 Å². The molecular weight excluding hydrogens is 458 g/mol. The second-order valence-corrected chi connectivity index (χ2v) is 8.77. The van der Waals surface area contributed by atoms with E-state index in [9.17, 15) is 14.7 Å². The smallest absolute Gasteiger partial charge is 0.224 e. The molecule has 1 fully saturated rings. The van der Waals surface area contributed by atoms with Gasteiger partial charge in [0.15, 0.2) is 0 Å². The van der Waals surface area contributed by atoms with Crippen LogP contribution in [0.1, 0.15) is 26.2 Å². The van der Waals surface area contributed by atoms with Crippen molar-refractivity contribution in [3.63, 3.8) is 0 Å². The number of rotatable bonds is 12. The predicted molar refractivity (Wildman–Crippen MR) is 131 cm³/mol. The molecule has 0 spiro atoms. The fourth-order valence-corrected chi connectivity index (χ4v) is 3.85. The highest BCUT2D eigenvalue weighted by Gasteiger charge is 2.26. The minimum atomic E-state index is -0.685. The lowest BCUT2D eigenvalue weighted by atomic mass is 10.2. The molecule has 0 radical (unpaired) electrons. The van der Waals surface area contributed by atoms with Gasteiger partial charge < -0.3 is 25.2 Å². The number of aliphatic hydroxyl groups is 1. The molecule has 2 atom stereocenters. The van der Waals surface area contributed by atoms with E-state index in [0.29, 0.717) is 36.0 Å². The van der Waals surface area contributed by atoms with Gasteiger partial charge in [0, 0.05) is 44.5 Å². The van der Waals surface area contributed by atoms with E-state index < -0.39 is 6.10 Å². The minimum absolute atomic E-state index is 0.0656. The molecule has 0 saturated carbocycles. The van der Waals surface area contributed by atoms with E-state index in [2.05, 4.69) is 15.5 Å². The Morgan fingerprint density at radius 2 is 1.97 bits per heavy atom. The van der Waals surface area contributed by atoms with Gasteiger partial charge in [0.2, 0.25) is 11.8 Å². The maximum absolute atomic E-state index is 12.2. The van der Waals surface area contributed by atoms with Gasteiger partial charge in [-0.05, 0) is 49.2 Å². The quantitative estimate of drug-likeness (QED) is 0.396. The minimum Gasteiger partial charge on any atom is -0.489 e. The maximum Gasteiger partial charge on any atom is 0.224 e.